The van der Waals surface area contributed by atoms with E-state index in [1.807, 2.05) is 11.0 Å². The summed E-state index contributed by atoms with van der Waals surface area (Å²) in [5, 5.41) is 9.61. The first-order chi connectivity index (χ1) is 9.99. The molecule has 1 fully saturated rings. The van der Waals surface area contributed by atoms with E-state index in [0.717, 1.165) is 18.4 Å². The van der Waals surface area contributed by atoms with Crippen LogP contribution in [0.4, 0.5) is 0 Å². The quantitative estimate of drug-likeness (QED) is 0.890. The maximum atomic E-state index is 12.2. The molecule has 1 atom stereocenters. The highest BCUT2D eigenvalue weighted by Crippen LogP contribution is 2.35. The number of carbonyl (C=O) groups excluding carboxylic acids is 1. The van der Waals surface area contributed by atoms with E-state index in [9.17, 15) is 9.59 Å². The van der Waals surface area contributed by atoms with E-state index >= 15 is 0 Å². The van der Waals surface area contributed by atoms with Crippen LogP contribution in [0.1, 0.15) is 43.7 Å². The van der Waals surface area contributed by atoms with Crippen molar-refractivity contribution in [2.45, 2.75) is 38.1 Å². The van der Waals surface area contributed by atoms with Gasteiger partial charge in [0.2, 0.25) is 5.91 Å². The lowest BCUT2D eigenvalue weighted by molar-refractivity contribution is -0.137. The molecule has 1 saturated heterocycles. The van der Waals surface area contributed by atoms with E-state index in [1.165, 1.54) is 0 Å². The third kappa shape index (κ3) is 4.11. The Kier molecular flexibility index (Phi) is 5.48. The van der Waals surface area contributed by atoms with Gasteiger partial charge in [-0.1, -0.05) is 29.3 Å². The first-order valence-electron chi connectivity index (χ1n) is 6.95. The number of likely N-dealkylation sites (tertiary alicyclic amines) is 1. The third-order valence-electron chi connectivity index (χ3n) is 3.68. The number of carbonyl (C=O) groups is 2. The van der Waals surface area contributed by atoms with Crippen LogP contribution < -0.4 is 0 Å². The van der Waals surface area contributed by atoms with Gasteiger partial charge in [0.15, 0.2) is 0 Å². The Morgan fingerprint density at radius 3 is 2.67 bits per heavy atom. The number of halogens is 2. The van der Waals surface area contributed by atoms with E-state index < -0.39 is 5.97 Å². The van der Waals surface area contributed by atoms with E-state index in [1.54, 1.807) is 12.1 Å². The maximum Gasteiger partial charge on any atom is 0.303 e. The molecule has 21 heavy (non-hydrogen) atoms. The lowest BCUT2D eigenvalue weighted by Crippen LogP contribution is -2.30. The molecule has 1 aliphatic heterocycles. The summed E-state index contributed by atoms with van der Waals surface area (Å²) in [6.45, 7) is 0.705. The zero-order valence-electron chi connectivity index (χ0n) is 11.5. The molecule has 0 aromatic heterocycles. The van der Waals surface area contributed by atoms with E-state index in [0.29, 0.717) is 23.0 Å². The molecule has 1 aromatic rings. The van der Waals surface area contributed by atoms with Gasteiger partial charge in [-0.2, -0.15) is 0 Å². The van der Waals surface area contributed by atoms with E-state index in [2.05, 4.69) is 0 Å². The van der Waals surface area contributed by atoms with Crippen LogP contribution in [-0.4, -0.2) is 28.4 Å². The number of carboxylic acids is 1. The highest BCUT2D eigenvalue weighted by atomic mass is 35.5. The van der Waals surface area contributed by atoms with Crippen molar-refractivity contribution in [3.63, 3.8) is 0 Å². The molecule has 1 unspecified atom stereocenters. The van der Waals surface area contributed by atoms with Gasteiger partial charge in [0.25, 0.3) is 0 Å². The van der Waals surface area contributed by atoms with Crippen LogP contribution in [0.2, 0.25) is 10.0 Å². The molecule has 114 valence electrons. The van der Waals surface area contributed by atoms with E-state index in [-0.39, 0.29) is 24.8 Å². The minimum absolute atomic E-state index is 0.00447. The molecule has 0 spiro atoms. The molecular formula is C15H17Cl2NO3. The average Bonchev–Trinajstić information content (AvgIpc) is 2.90. The SMILES string of the molecule is O=C(O)CCCC(=O)N1CCCC1c1ccc(Cl)c(Cl)c1. The first kappa shape index (κ1) is 16.1. The van der Waals surface area contributed by atoms with Crippen molar-refractivity contribution < 1.29 is 14.7 Å². The number of aliphatic carboxylic acids is 1. The number of benzene rings is 1. The van der Waals surface area contributed by atoms with Gasteiger partial charge in [0.1, 0.15) is 0 Å². The van der Waals surface area contributed by atoms with Crippen molar-refractivity contribution in [3.05, 3.63) is 33.8 Å². The molecule has 1 heterocycles. The lowest BCUT2D eigenvalue weighted by Gasteiger charge is -2.25. The maximum absolute atomic E-state index is 12.2. The molecule has 1 amide bonds. The molecule has 0 saturated carbocycles. The number of carboxylic acid groups (broad SMARTS) is 1. The van der Waals surface area contributed by atoms with Gasteiger partial charge in [-0.25, -0.2) is 0 Å². The summed E-state index contributed by atoms with van der Waals surface area (Å²) in [5.41, 5.74) is 0.980. The number of amides is 1. The summed E-state index contributed by atoms with van der Waals surface area (Å²) in [7, 11) is 0. The third-order valence-corrected chi connectivity index (χ3v) is 4.42. The van der Waals surface area contributed by atoms with Gasteiger partial charge in [0.05, 0.1) is 16.1 Å². The minimum Gasteiger partial charge on any atom is -0.481 e. The van der Waals surface area contributed by atoms with Crippen LogP contribution >= 0.6 is 23.2 Å². The van der Waals surface area contributed by atoms with Crippen LogP contribution in [0.15, 0.2) is 18.2 Å². The number of rotatable bonds is 5. The largest absolute Gasteiger partial charge is 0.481 e. The number of nitrogens with zero attached hydrogens (tertiary/aromatic N) is 1. The second-order valence-corrected chi connectivity index (χ2v) is 5.98. The van der Waals surface area contributed by atoms with Crippen molar-refractivity contribution in [2.24, 2.45) is 0 Å². The second kappa shape index (κ2) is 7.14. The fourth-order valence-corrected chi connectivity index (χ4v) is 2.97. The monoisotopic (exact) mass is 329 g/mol. The standard InChI is InChI=1S/C15H17Cl2NO3/c16-11-7-6-10(9-12(11)17)13-3-2-8-18(13)14(19)4-1-5-15(20)21/h6-7,9,13H,1-5,8H2,(H,20,21). The summed E-state index contributed by atoms with van der Waals surface area (Å²) in [5.74, 6) is -0.866. The van der Waals surface area contributed by atoms with Gasteiger partial charge >= 0.3 is 5.97 Å². The molecular weight excluding hydrogens is 313 g/mol. The predicted octanol–water partition coefficient (Wildman–Crippen LogP) is 3.91. The summed E-state index contributed by atoms with van der Waals surface area (Å²) in [6.07, 6.45) is 2.50. The van der Waals surface area contributed by atoms with Crippen LogP contribution in [0.5, 0.6) is 0 Å². The smallest absolute Gasteiger partial charge is 0.303 e. The predicted molar refractivity (Wildman–Crippen MR) is 81.6 cm³/mol. The summed E-state index contributed by atoms with van der Waals surface area (Å²) < 4.78 is 0. The molecule has 4 nitrogen and oxygen atoms in total. The Hall–Kier alpha value is -1.26. The highest BCUT2D eigenvalue weighted by molar-refractivity contribution is 6.42. The molecule has 1 aromatic carbocycles. The van der Waals surface area contributed by atoms with Gasteiger partial charge in [-0.3, -0.25) is 9.59 Å². The summed E-state index contributed by atoms with van der Waals surface area (Å²) in [4.78, 5) is 24.6. The minimum atomic E-state index is -0.870. The van der Waals surface area contributed by atoms with Crippen molar-refractivity contribution >= 4 is 35.1 Å². The normalized spacial score (nSPS) is 18.0. The zero-order valence-corrected chi connectivity index (χ0v) is 13.0. The topological polar surface area (TPSA) is 57.6 Å². The van der Waals surface area contributed by atoms with Crippen LogP contribution in [0, 0.1) is 0 Å². The molecule has 6 heteroatoms. The zero-order chi connectivity index (χ0) is 15.4. The van der Waals surface area contributed by atoms with Crippen LogP contribution in [0.25, 0.3) is 0 Å². The molecule has 1 aliphatic rings. The van der Waals surface area contributed by atoms with Crippen molar-refractivity contribution in [3.8, 4) is 0 Å². The van der Waals surface area contributed by atoms with Gasteiger partial charge in [-0.15, -0.1) is 0 Å². The summed E-state index contributed by atoms with van der Waals surface area (Å²) >= 11 is 12.0. The van der Waals surface area contributed by atoms with Gasteiger partial charge in [-0.05, 0) is 37.0 Å². The molecule has 0 radical (unpaired) electrons. The van der Waals surface area contributed by atoms with E-state index in [4.69, 9.17) is 28.3 Å². The fraction of sp³-hybridized carbons (Fsp3) is 0.467. The molecule has 0 bridgehead atoms. The lowest BCUT2D eigenvalue weighted by atomic mass is 10.0. The number of hydrogen-bond acceptors (Lipinski definition) is 2. The van der Waals surface area contributed by atoms with Crippen molar-refractivity contribution in [1.29, 1.82) is 0 Å². The Bertz CT molecular complexity index is 548. The van der Waals surface area contributed by atoms with Crippen LogP contribution in [0.3, 0.4) is 0 Å². The van der Waals surface area contributed by atoms with Gasteiger partial charge < -0.3 is 10.0 Å². The average molecular weight is 330 g/mol. The number of hydrogen-bond donors (Lipinski definition) is 1. The first-order valence-corrected chi connectivity index (χ1v) is 7.71. The van der Waals surface area contributed by atoms with Crippen molar-refractivity contribution in [1.82, 2.24) is 4.90 Å². The Labute approximate surface area is 133 Å². The molecule has 0 aliphatic carbocycles. The Morgan fingerprint density at radius 1 is 1.24 bits per heavy atom. The molecule has 1 N–H and O–H groups in total. The van der Waals surface area contributed by atoms with Crippen LogP contribution in [-0.2, 0) is 9.59 Å². The fourth-order valence-electron chi connectivity index (χ4n) is 2.67. The highest BCUT2D eigenvalue weighted by Gasteiger charge is 2.29. The second-order valence-electron chi connectivity index (χ2n) is 5.17. The Balaban J connectivity index is 2.03. The van der Waals surface area contributed by atoms with Crippen molar-refractivity contribution in [2.75, 3.05) is 6.54 Å². The van der Waals surface area contributed by atoms with Gasteiger partial charge in [0, 0.05) is 19.4 Å². The molecule has 2 rings (SSSR count). The Morgan fingerprint density at radius 2 is 2.00 bits per heavy atom. The summed E-state index contributed by atoms with van der Waals surface area (Å²) in [6, 6.07) is 5.45.